The molecule has 0 fully saturated rings. The monoisotopic (exact) mass is 360 g/mol. The third-order valence-corrected chi connectivity index (χ3v) is 5.10. The molecule has 0 radical (unpaired) electrons. The van der Waals surface area contributed by atoms with Crippen molar-refractivity contribution < 1.29 is 0 Å². The van der Waals surface area contributed by atoms with Crippen molar-refractivity contribution in [2.24, 2.45) is 5.41 Å². The van der Waals surface area contributed by atoms with Gasteiger partial charge in [0.15, 0.2) is 0 Å². The first-order valence-electron chi connectivity index (χ1n) is 9.75. The van der Waals surface area contributed by atoms with E-state index in [9.17, 15) is 0 Å². The molecule has 0 heterocycles. The molecule has 1 aliphatic carbocycles. The first kappa shape index (κ1) is 18.0. The van der Waals surface area contributed by atoms with Gasteiger partial charge in [-0.3, -0.25) is 0 Å². The van der Waals surface area contributed by atoms with E-state index >= 15 is 0 Å². The first-order valence-corrected chi connectivity index (χ1v) is 9.75. The van der Waals surface area contributed by atoms with E-state index in [4.69, 9.17) is 0 Å². The predicted octanol–water partition coefficient (Wildman–Crippen LogP) is 7.31. The summed E-state index contributed by atoms with van der Waals surface area (Å²) in [6.07, 6.45) is 18.2. The minimum absolute atomic E-state index is 0.225. The average Bonchev–Trinajstić information content (AvgIpc) is 2.79. The fourth-order valence-electron chi connectivity index (χ4n) is 3.45. The summed E-state index contributed by atoms with van der Waals surface area (Å²) in [6, 6.07) is 31.6. The van der Waals surface area contributed by atoms with Crippen molar-refractivity contribution in [3.05, 3.63) is 144 Å². The Bertz CT molecular complexity index is 924. The fraction of sp³-hybridized carbons (Fsp3) is 0.0714. The Kier molecular flexibility index (Phi) is 5.49. The van der Waals surface area contributed by atoms with E-state index in [2.05, 4.69) is 127 Å². The van der Waals surface area contributed by atoms with Gasteiger partial charge in [0.25, 0.3) is 0 Å². The molecule has 1 aliphatic rings. The van der Waals surface area contributed by atoms with Gasteiger partial charge in [0.1, 0.15) is 0 Å². The minimum Gasteiger partial charge on any atom is -0.0758 e. The highest BCUT2D eigenvalue weighted by atomic mass is 14.2. The Hall–Kier alpha value is -3.38. The summed E-state index contributed by atoms with van der Waals surface area (Å²) >= 11 is 0. The van der Waals surface area contributed by atoms with Crippen LogP contribution in [-0.2, 0) is 0 Å². The highest BCUT2D eigenvalue weighted by molar-refractivity contribution is 5.58. The Balaban J connectivity index is 1.64. The van der Waals surface area contributed by atoms with Crippen LogP contribution in [0.3, 0.4) is 0 Å². The summed E-state index contributed by atoms with van der Waals surface area (Å²) in [4.78, 5) is 0. The lowest BCUT2D eigenvalue weighted by Gasteiger charge is -2.25. The third-order valence-electron chi connectivity index (χ3n) is 5.10. The molecule has 0 N–H and O–H groups in total. The van der Waals surface area contributed by atoms with E-state index in [1.165, 1.54) is 16.7 Å². The smallest absolute Gasteiger partial charge is 0.0430 e. The summed E-state index contributed by atoms with van der Waals surface area (Å²) in [6.45, 7) is 0. The molecule has 136 valence electrons. The molecule has 3 aromatic carbocycles. The normalized spacial score (nSPS) is 16.1. The average molecular weight is 361 g/mol. The molecule has 0 aliphatic heterocycles. The summed E-state index contributed by atoms with van der Waals surface area (Å²) in [5.41, 5.74) is 3.52. The lowest BCUT2D eigenvalue weighted by Crippen LogP contribution is -2.12. The Morgan fingerprint density at radius 3 is 1.43 bits per heavy atom. The van der Waals surface area contributed by atoms with E-state index in [1.54, 1.807) is 0 Å². The van der Waals surface area contributed by atoms with Crippen molar-refractivity contribution in [2.45, 2.75) is 5.92 Å². The number of benzene rings is 3. The fourth-order valence-corrected chi connectivity index (χ4v) is 3.45. The standard InChI is InChI=1S/C28H24/c1-4-10-24(11-5-1)16-20-28(21-17-25-12-6-2-7-13-25)22-18-27(19-23-28)26-14-8-3-9-15-26/h1-23,27H/b20-16+,21-17+. The molecule has 3 aromatic rings. The van der Waals surface area contributed by atoms with Crippen molar-refractivity contribution in [3.8, 4) is 0 Å². The number of allylic oxidation sites excluding steroid dienone is 6. The Morgan fingerprint density at radius 1 is 0.536 bits per heavy atom. The SMILES string of the molecule is C1=CC(/C=C/c2ccccc2)(/C=C/c2ccccc2)C=CC1c1ccccc1. The Labute approximate surface area is 167 Å². The minimum atomic E-state index is -0.225. The second-order valence-corrected chi connectivity index (χ2v) is 7.14. The highest BCUT2D eigenvalue weighted by Gasteiger charge is 2.21. The molecule has 4 rings (SSSR count). The van der Waals surface area contributed by atoms with Gasteiger partial charge in [-0.25, -0.2) is 0 Å². The molecular formula is C28H24. The van der Waals surface area contributed by atoms with Crippen LogP contribution >= 0.6 is 0 Å². The largest absolute Gasteiger partial charge is 0.0758 e. The van der Waals surface area contributed by atoms with Gasteiger partial charge >= 0.3 is 0 Å². The number of hydrogen-bond donors (Lipinski definition) is 0. The van der Waals surface area contributed by atoms with Crippen molar-refractivity contribution >= 4 is 12.2 Å². The molecule has 0 heteroatoms. The molecule has 0 amide bonds. The molecule has 0 unspecified atom stereocenters. The maximum Gasteiger partial charge on any atom is 0.0430 e. The van der Waals surface area contributed by atoms with Crippen LogP contribution in [-0.4, -0.2) is 0 Å². The van der Waals surface area contributed by atoms with Gasteiger partial charge in [0.2, 0.25) is 0 Å². The number of hydrogen-bond acceptors (Lipinski definition) is 0. The van der Waals surface area contributed by atoms with Crippen molar-refractivity contribution in [1.82, 2.24) is 0 Å². The second-order valence-electron chi connectivity index (χ2n) is 7.14. The van der Waals surface area contributed by atoms with E-state index < -0.39 is 0 Å². The molecule has 0 saturated carbocycles. The second kappa shape index (κ2) is 8.54. The molecule has 0 aromatic heterocycles. The van der Waals surface area contributed by atoms with Gasteiger partial charge in [-0.2, -0.15) is 0 Å². The lowest BCUT2D eigenvalue weighted by atomic mass is 9.79. The lowest BCUT2D eigenvalue weighted by molar-refractivity contribution is 0.789. The quantitative estimate of drug-likeness (QED) is 0.418. The molecule has 28 heavy (non-hydrogen) atoms. The maximum atomic E-state index is 2.31. The van der Waals surface area contributed by atoms with Crippen LogP contribution in [0.15, 0.2) is 127 Å². The summed E-state index contributed by atoms with van der Waals surface area (Å²) in [5.74, 6) is 0.324. The van der Waals surface area contributed by atoms with Gasteiger partial charge < -0.3 is 0 Å². The van der Waals surface area contributed by atoms with Crippen LogP contribution in [0, 0.1) is 5.41 Å². The van der Waals surface area contributed by atoms with Gasteiger partial charge in [-0.05, 0) is 16.7 Å². The molecule has 0 spiro atoms. The topological polar surface area (TPSA) is 0 Å². The van der Waals surface area contributed by atoms with Crippen LogP contribution in [0.5, 0.6) is 0 Å². The van der Waals surface area contributed by atoms with Gasteiger partial charge in [-0.1, -0.05) is 140 Å². The van der Waals surface area contributed by atoms with Crippen molar-refractivity contribution in [3.63, 3.8) is 0 Å². The van der Waals surface area contributed by atoms with Gasteiger partial charge in [0, 0.05) is 11.3 Å². The first-order chi connectivity index (χ1) is 13.8. The third kappa shape index (κ3) is 4.47. The Morgan fingerprint density at radius 2 is 0.964 bits per heavy atom. The number of rotatable bonds is 5. The zero-order valence-corrected chi connectivity index (χ0v) is 15.9. The predicted molar refractivity (Wildman–Crippen MR) is 121 cm³/mol. The van der Waals surface area contributed by atoms with Gasteiger partial charge in [0.05, 0.1) is 0 Å². The summed E-state index contributed by atoms with van der Waals surface area (Å²) in [7, 11) is 0. The summed E-state index contributed by atoms with van der Waals surface area (Å²) in [5, 5.41) is 0. The summed E-state index contributed by atoms with van der Waals surface area (Å²) < 4.78 is 0. The van der Waals surface area contributed by atoms with E-state index in [-0.39, 0.29) is 5.41 Å². The van der Waals surface area contributed by atoms with E-state index in [1.807, 2.05) is 12.1 Å². The zero-order chi connectivity index (χ0) is 19.1. The zero-order valence-electron chi connectivity index (χ0n) is 15.9. The molecule has 0 bridgehead atoms. The van der Waals surface area contributed by atoms with Gasteiger partial charge in [-0.15, -0.1) is 0 Å². The van der Waals surface area contributed by atoms with Crippen molar-refractivity contribution in [1.29, 1.82) is 0 Å². The maximum absolute atomic E-state index is 2.31. The van der Waals surface area contributed by atoms with Crippen molar-refractivity contribution in [2.75, 3.05) is 0 Å². The molecule has 0 atom stereocenters. The van der Waals surface area contributed by atoms with E-state index in [0.717, 1.165) is 0 Å². The van der Waals surface area contributed by atoms with Crippen LogP contribution in [0.1, 0.15) is 22.6 Å². The van der Waals surface area contributed by atoms with Crippen LogP contribution in [0.2, 0.25) is 0 Å². The highest BCUT2D eigenvalue weighted by Crippen LogP contribution is 2.35. The molecule has 0 nitrogen and oxygen atoms in total. The molecular weight excluding hydrogens is 336 g/mol. The molecule has 0 saturated heterocycles. The van der Waals surface area contributed by atoms with Crippen LogP contribution in [0.4, 0.5) is 0 Å². The van der Waals surface area contributed by atoms with Crippen LogP contribution < -0.4 is 0 Å². The van der Waals surface area contributed by atoms with E-state index in [0.29, 0.717) is 5.92 Å². The van der Waals surface area contributed by atoms with Crippen LogP contribution in [0.25, 0.3) is 12.2 Å².